The van der Waals surface area contributed by atoms with E-state index in [-0.39, 0.29) is 5.91 Å². The first-order chi connectivity index (χ1) is 15.2. The van der Waals surface area contributed by atoms with Crippen LogP contribution >= 0.6 is 0 Å². The van der Waals surface area contributed by atoms with Crippen molar-refractivity contribution in [3.63, 3.8) is 0 Å². The Hall–Kier alpha value is -4.53. The molecular formula is C22H18N8O. The fourth-order valence-electron chi connectivity index (χ4n) is 3.39. The van der Waals surface area contributed by atoms with Crippen molar-refractivity contribution in [2.45, 2.75) is 6.54 Å². The third-order valence-corrected chi connectivity index (χ3v) is 4.85. The number of aromatic amines is 1. The molecule has 9 nitrogen and oxygen atoms in total. The van der Waals surface area contributed by atoms with E-state index in [4.69, 9.17) is 5.73 Å². The molecule has 0 fully saturated rings. The highest BCUT2D eigenvalue weighted by Crippen LogP contribution is 2.25. The van der Waals surface area contributed by atoms with Gasteiger partial charge in [0.15, 0.2) is 5.69 Å². The molecule has 0 aliphatic rings. The molecule has 0 bridgehead atoms. The second-order valence-electron chi connectivity index (χ2n) is 7.04. The molecule has 4 N–H and O–H groups in total. The lowest BCUT2D eigenvalue weighted by atomic mass is 10.1. The first kappa shape index (κ1) is 18.5. The molecule has 9 heteroatoms. The van der Waals surface area contributed by atoms with E-state index < -0.39 is 0 Å². The molecule has 0 aliphatic heterocycles. The van der Waals surface area contributed by atoms with Crippen molar-refractivity contribution >= 4 is 28.3 Å². The van der Waals surface area contributed by atoms with Crippen LogP contribution in [0.5, 0.6) is 0 Å². The number of fused-ring (bicyclic) bond motifs is 1. The Morgan fingerprint density at radius 2 is 2.03 bits per heavy atom. The van der Waals surface area contributed by atoms with Gasteiger partial charge >= 0.3 is 0 Å². The molecule has 0 unspecified atom stereocenters. The molecule has 1 amide bonds. The van der Waals surface area contributed by atoms with E-state index in [9.17, 15) is 4.79 Å². The lowest BCUT2D eigenvalue weighted by molar-refractivity contribution is 0.102. The van der Waals surface area contributed by atoms with E-state index in [0.29, 0.717) is 23.7 Å². The number of hydrogen-bond donors (Lipinski definition) is 3. The molecule has 0 spiro atoms. The van der Waals surface area contributed by atoms with Crippen molar-refractivity contribution in [3.8, 4) is 11.1 Å². The molecule has 0 atom stereocenters. The maximum absolute atomic E-state index is 12.8. The summed E-state index contributed by atoms with van der Waals surface area (Å²) >= 11 is 0. The zero-order chi connectivity index (χ0) is 21.2. The van der Waals surface area contributed by atoms with Gasteiger partial charge in [0.1, 0.15) is 5.82 Å². The average Bonchev–Trinajstić information content (AvgIpc) is 3.40. The summed E-state index contributed by atoms with van der Waals surface area (Å²) < 4.78 is 1.72. The monoisotopic (exact) mass is 410 g/mol. The third kappa shape index (κ3) is 3.84. The number of nitrogens with two attached hydrogens (primary N) is 1. The minimum Gasteiger partial charge on any atom is -0.384 e. The Kier molecular flexibility index (Phi) is 4.60. The Labute approximate surface area is 177 Å². The molecule has 5 aromatic rings. The number of nitrogen functional groups attached to an aromatic ring is 1. The fourth-order valence-corrected chi connectivity index (χ4v) is 3.39. The standard InChI is InChI=1S/C22H18N8O/c23-20-8-14(5-7-25-20)12-30-13-17(11-26-30)27-22(31)21-18-4-3-15(9-19(18)28-29-21)16-2-1-6-24-10-16/h1-11,13H,12H2,(H2,23,25)(H,27,31)(H,28,29). The van der Waals surface area contributed by atoms with E-state index in [0.717, 1.165) is 27.6 Å². The highest BCUT2D eigenvalue weighted by molar-refractivity contribution is 6.11. The SMILES string of the molecule is Nc1cc(Cn2cc(NC(=O)c3n[nH]c4cc(-c5cccnc5)ccc34)cn2)ccn1. The molecule has 0 saturated carbocycles. The van der Waals surface area contributed by atoms with Gasteiger partial charge in [-0.05, 0) is 41.5 Å². The average molecular weight is 410 g/mol. The van der Waals surface area contributed by atoms with Crippen LogP contribution < -0.4 is 11.1 Å². The minimum atomic E-state index is -0.312. The minimum absolute atomic E-state index is 0.312. The van der Waals surface area contributed by atoms with Gasteiger partial charge in [-0.3, -0.25) is 19.6 Å². The molecule has 31 heavy (non-hydrogen) atoms. The van der Waals surface area contributed by atoms with Crippen LogP contribution in [0.1, 0.15) is 16.1 Å². The predicted molar refractivity (Wildman–Crippen MR) is 117 cm³/mol. The van der Waals surface area contributed by atoms with Crippen LogP contribution in [0.4, 0.5) is 11.5 Å². The van der Waals surface area contributed by atoms with Crippen LogP contribution in [0.2, 0.25) is 0 Å². The number of pyridine rings is 2. The summed E-state index contributed by atoms with van der Waals surface area (Å²) in [6.45, 7) is 0.519. The number of carbonyl (C=O) groups excluding carboxylic acids is 1. The number of rotatable bonds is 5. The van der Waals surface area contributed by atoms with Gasteiger partial charge in [-0.1, -0.05) is 12.1 Å². The predicted octanol–water partition coefficient (Wildman–Crippen LogP) is 3.10. The number of hydrogen-bond acceptors (Lipinski definition) is 6. The number of benzene rings is 1. The largest absolute Gasteiger partial charge is 0.384 e. The second kappa shape index (κ2) is 7.71. The number of anilines is 2. The van der Waals surface area contributed by atoms with Gasteiger partial charge < -0.3 is 11.1 Å². The molecule has 0 aliphatic carbocycles. The molecule has 0 saturated heterocycles. The van der Waals surface area contributed by atoms with Crippen molar-refractivity contribution < 1.29 is 4.79 Å². The van der Waals surface area contributed by atoms with Crippen LogP contribution in [-0.4, -0.2) is 35.9 Å². The second-order valence-corrected chi connectivity index (χ2v) is 7.04. The highest BCUT2D eigenvalue weighted by Gasteiger charge is 2.16. The van der Waals surface area contributed by atoms with Gasteiger partial charge in [-0.25, -0.2) is 4.98 Å². The number of nitrogens with zero attached hydrogens (tertiary/aromatic N) is 5. The van der Waals surface area contributed by atoms with E-state index >= 15 is 0 Å². The zero-order valence-corrected chi connectivity index (χ0v) is 16.4. The summed E-state index contributed by atoms with van der Waals surface area (Å²) in [5.41, 5.74) is 10.3. The van der Waals surface area contributed by atoms with Crippen LogP contribution in [0, 0.1) is 0 Å². The van der Waals surface area contributed by atoms with Crippen LogP contribution in [-0.2, 0) is 6.54 Å². The van der Waals surface area contributed by atoms with Gasteiger partial charge in [-0.15, -0.1) is 0 Å². The van der Waals surface area contributed by atoms with E-state index in [1.165, 1.54) is 0 Å². The summed E-state index contributed by atoms with van der Waals surface area (Å²) in [5, 5.41) is 15.0. The lowest BCUT2D eigenvalue weighted by Crippen LogP contribution is -2.12. The number of H-pyrrole nitrogens is 1. The number of carbonyl (C=O) groups is 1. The summed E-state index contributed by atoms with van der Waals surface area (Å²) in [4.78, 5) is 20.9. The molecule has 5 rings (SSSR count). The molecule has 152 valence electrons. The zero-order valence-electron chi connectivity index (χ0n) is 16.4. The van der Waals surface area contributed by atoms with Gasteiger partial charge in [0, 0.05) is 35.7 Å². The summed E-state index contributed by atoms with van der Waals surface area (Å²) in [6.07, 6.45) is 8.53. The van der Waals surface area contributed by atoms with E-state index in [1.54, 1.807) is 41.7 Å². The van der Waals surface area contributed by atoms with Crippen LogP contribution in [0.15, 0.2) is 73.4 Å². The molecule has 4 aromatic heterocycles. The quantitative estimate of drug-likeness (QED) is 0.408. The van der Waals surface area contributed by atoms with Gasteiger partial charge in [0.05, 0.1) is 23.9 Å². The van der Waals surface area contributed by atoms with Crippen molar-refractivity contribution in [2.75, 3.05) is 11.1 Å². The third-order valence-electron chi connectivity index (χ3n) is 4.85. The lowest BCUT2D eigenvalue weighted by Gasteiger charge is -2.03. The molecule has 0 radical (unpaired) electrons. The van der Waals surface area contributed by atoms with Crippen molar-refractivity contribution in [1.82, 2.24) is 29.9 Å². The van der Waals surface area contributed by atoms with Gasteiger partial charge in [-0.2, -0.15) is 10.2 Å². The Morgan fingerprint density at radius 3 is 2.87 bits per heavy atom. The normalized spacial score (nSPS) is 11.0. The summed E-state index contributed by atoms with van der Waals surface area (Å²) in [7, 11) is 0. The summed E-state index contributed by atoms with van der Waals surface area (Å²) in [5.74, 6) is 0.142. The Morgan fingerprint density at radius 1 is 1.10 bits per heavy atom. The van der Waals surface area contributed by atoms with Crippen molar-refractivity contribution in [2.24, 2.45) is 0 Å². The maximum Gasteiger partial charge on any atom is 0.276 e. The molecule has 4 heterocycles. The van der Waals surface area contributed by atoms with E-state index in [2.05, 4.69) is 30.6 Å². The number of aromatic nitrogens is 6. The van der Waals surface area contributed by atoms with Gasteiger partial charge in [0.25, 0.3) is 5.91 Å². The molecular weight excluding hydrogens is 392 g/mol. The Bertz CT molecular complexity index is 1370. The van der Waals surface area contributed by atoms with E-state index in [1.807, 2.05) is 36.4 Å². The Balaban J connectivity index is 1.33. The molecule has 1 aromatic carbocycles. The summed E-state index contributed by atoms with van der Waals surface area (Å²) in [6, 6.07) is 13.3. The topological polar surface area (TPSA) is 127 Å². The highest BCUT2D eigenvalue weighted by atomic mass is 16.2. The van der Waals surface area contributed by atoms with Gasteiger partial charge in [0.2, 0.25) is 0 Å². The number of nitrogens with one attached hydrogen (secondary N) is 2. The first-order valence-electron chi connectivity index (χ1n) is 9.58. The maximum atomic E-state index is 12.8. The smallest absolute Gasteiger partial charge is 0.276 e. The van der Waals surface area contributed by atoms with Crippen molar-refractivity contribution in [3.05, 3.63) is 84.7 Å². The van der Waals surface area contributed by atoms with Crippen molar-refractivity contribution in [1.29, 1.82) is 0 Å². The van der Waals surface area contributed by atoms with Crippen LogP contribution in [0.25, 0.3) is 22.0 Å². The number of amides is 1. The first-order valence-corrected chi connectivity index (χ1v) is 9.58. The fraction of sp³-hybridized carbons (Fsp3) is 0.0455. The van der Waals surface area contributed by atoms with Crippen LogP contribution in [0.3, 0.4) is 0 Å².